The van der Waals surface area contributed by atoms with Gasteiger partial charge in [-0.1, -0.05) is 11.3 Å². The van der Waals surface area contributed by atoms with E-state index in [0.29, 0.717) is 18.8 Å². The maximum absolute atomic E-state index is 13.5. The summed E-state index contributed by atoms with van der Waals surface area (Å²) >= 11 is 0. The van der Waals surface area contributed by atoms with Crippen molar-refractivity contribution in [3.63, 3.8) is 0 Å². The fraction of sp³-hybridized carbons (Fsp3) is 0.389. The molecular formula is C18H19FN6O3. The third kappa shape index (κ3) is 3.38. The molecule has 1 aromatic carbocycles. The van der Waals surface area contributed by atoms with Gasteiger partial charge in [-0.3, -0.25) is 14.2 Å². The molecule has 0 N–H and O–H groups in total. The minimum absolute atomic E-state index is 0.0169. The van der Waals surface area contributed by atoms with Crippen molar-refractivity contribution in [1.29, 1.82) is 0 Å². The van der Waals surface area contributed by atoms with Crippen LogP contribution in [0.15, 0.2) is 35.4 Å². The topological polar surface area (TPSA) is 95.1 Å². The zero-order valence-electron chi connectivity index (χ0n) is 15.4. The number of rotatable bonds is 3. The van der Waals surface area contributed by atoms with Gasteiger partial charge in [0.05, 0.1) is 17.9 Å². The number of nitrogens with zero attached hydrogens (tertiary/aromatic N) is 6. The molecular weight excluding hydrogens is 367 g/mol. The van der Waals surface area contributed by atoms with Crippen molar-refractivity contribution in [2.24, 2.45) is 0 Å². The SMILES string of the molecule is C[C@H]1CN(C(=O)Cn2cnc3c(nnn3-c3cccc(F)c3)c2=O)C[C@H](C)O1. The molecule has 146 valence electrons. The molecule has 0 bridgehead atoms. The third-order valence-corrected chi connectivity index (χ3v) is 4.56. The van der Waals surface area contributed by atoms with Crippen molar-refractivity contribution >= 4 is 17.1 Å². The average molecular weight is 386 g/mol. The van der Waals surface area contributed by atoms with E-state index in [1.165, 1.54) is 33.8 Å². The van der Waals surface area contributed by atoms with Crippen molar-refractivity contribution in [2.75, 3.05) is 13.1 Å². The summed E-state index contributed by atoms with van der Waals surface area (Å²) in [6.07, 6.45) is 1.17. The highest BCUT2D eigenvalue weighted by molar-refractivity contribution is 5.77. The number of carbonyl (C=O) groups is 1. The molecule has 0 spiro atoms. The van der Waals surface area contributed by atoms with E-state index >= 15 is 0 Å². The van der Waals surface area contributed by atoms with Gasteiger partial charge in [-0.15, -0.1) is 5.10 Å². The van der Waals surface area contributed by atoms with Gasteiger partial charge in [0.2, 0.25) is 5.91 Å². The Morgan fingerprint density at radius 3 is 2.75 bits per heavy atom. The Balaban J connectivity index is 1.62. The standard InChI is InChI=1S/C18H19FN6O3/c1-11-7-23(8-12(2)28-11)15(26)9-24-10-20-17-16(18(24)27)21-22-25(17)14-5-3-4-13(19)6-14/h3-6,10-12H,7-9H2,1-2H3/t11-,12-/m0/s1. The summed E-state index contributed by atoms with van der Waals surface area (Å²) in [6.45, 7) is 4.61. The number of halogens is 1. The number of hydrogen-bond donors (Lipinski definition) is 0. The monoisotopic (exact) mass is 386 g/mol. The van der Waals surface area contributed by atoms with Crippen LogP contribution < -0.4 is 5.56 Å². The minimum atomic E-state index is -0.477. The van der Waals surface area contributed by atoms with Crippen LogP contribution in [0.2, 0.25) is 0 Å². The highest BCUT2D eigenvalue weighted by atomic mass is 19.1. The number of fused-ring (bicyclic) bond motifs is 1. The molecule has 1 aliphatic heterocycles. The number of benzene rings is 1. The lowest BCUT2D eigenvalue weighted by molar-refractivity contribution is -0.143. The summed E-state index contributed by atoms with van der Waals surface area (Å²) in [7, 11) is 0. The fourth-order valence-corrected chi connectivity index (χ4v) is 3.37. The van der Waals surface area contributed by atoms with Crippen LogP contribution in [0.25, 0.3) is 16.9 Å². The molecule has 1 aliphatic rings. The van der Waals surface area contributed by atoms with Gasteiger partial charge < -0.3 is 9.64 Å². The Bertz CT molecular complexity index is 1080. The first-order valence-electron chi connectivity index (χ1n) is 8.92. The second kappa shape index (κ2) is 7.12. The van der Waals surface area contributed by atoms with Gasteiger partial charge in [-0.05, 0) is 32.0 Å². The van der Waals surface area contributed by atoms with Gasteiger partial charge in [0, 0.05) is 13.1 Å². The van der Waals surface area contributed by atoms with Crippen LogP contribution in [0, 0.1) is 5.82 Å². The second-order valence-electron chi connectivity index (χ2n) is 6.89. The van der Waals surface area contributed by atoms with Crippen LogP contribution in [0.5, 0.6) is 0 Å². The molecule has 4 rings (SSSR count). The van der Waals surface area contributed by atoms with Crippen molar-refractivity contribution in [1.82, 2.24) is 29.4 Å². The molecule has 3 heterocycles. The van der Waals surface area contributed by atoms with Crippen molar-refractivity contribution < 1.29 is 13.9 Å². The van der Waals surface area contributed by atoms with Crippen LogP contribution in [0.1, 0.15) is 13.8 Å². The molecule has 2 aromatic heterocycles. The Labute approximate surface area is 159 Å². The van der Waals surface area contributed by atoms with E-state index in [0.717, 1.165) is 0 Å². The van der Waals surface area contributed by atoms with E-state index in [4.69, 9.17) is 4.74 Å². The number of carbonyl (C=O) groups excluding carboxylic acids is 1. The number of hydrogen-bond acceptors (Lipinski definition) is 6. The zero-order chi connectivity index (χ0) is 19.8. The van der Waals surface area contributed by atoms with Gasteiger partial charge in [0.1, 0.15) is 18.7 Å². The fourth-order valence-electron chi connectivity index (χ4n) is 3.37. The van der Waals surface area contributed by atoms with Crippen molar-refractivity contribution in [2.45, 2.75) is 32.6 Å². The molecule has 1 fully saturated rings. The normalized spacial score (nSPS) is 19.9. The summed E-state index contributed by atoms with van der Waals surface area (Å²) in [5.74, 6) is -0.628. The average Bonchev–Trinajstić information content (AvgIpc) is 3.08. The highest BCUT2D eigenvalue weighted by Crippen LogP contribution is 2.14. The number of amides is 1. The van der Waals surface area contributed by atoms with Crippen LogP contribution in [0.4, 0.5) is 4.39 Å². The molecule has 1 saturated heterocycles. The quantitative estimate of drug-likeness (QED) is 0.659. The zero-order valence-corrected chi connectivity index (χ0v) is 15.4. The highest BCUT2D eigenvalue weighted by Gasteiger charge is 2.26. The van der Waals surface area contributed by atoms with E-state index in [9.17, 15) is 14.0 Å². The molecule has 0 saturated carbocycles. The first kappa shape index (κ1) is 18.2. The van der Waals surface area contributed by atoms with Crippen LogP contribution in [-0.4, -0.2) is 60.6 Å². The molecule has 2 atom stereocenters. The van der Waals surface area contributed by atoms with Gasteiger partial charge in [-0.2, -0.15) is 4.68 Å². The lowest BCUT2D eigenvalue weighted by Crippen LogP contribution is -2.49. The van der Waals surface area contributed by atoms with Crippen LogP contribution >= 0.6 is 0 Å². The molecule has 9 nitrogen and oxygen atoms in total. The third-order valence-electron chi connectivity index (χ3n) is 4.56. The van der Waals surface area contributed by atoms with Crippen molar-refractivity contribution in [3.8, 4) is 5.69 Å². The van der Waals surface area contributed by atoms with Gasteiger partial charge in [0.15, 0.2) is 11.2 Å². The van der Waals surface area contributed by atoms with E-state index in [2.05, 4.69) is 15.3 Å². The second-order valence-corrected chi connectivity index (χ2v) is 6.89. The first-order valence-corrected chi connectivity index (χ1v) is 8.92. The van der Waals surface area contributed by atoms with E-state index in [1.807, 2.05) is 13.8 Å². The molecule has 28 heavy (non-hydrogen) atoms. The van der Waals surface area contributed by atoms with E-state index < -0.39 is 11.4 Å². The lowest BCUT2D eigenvalue weighted by atomic mass is 10.2. The molecule has 0 aliphatic carbocycles. The molecule has 10 heteroatoms. The first-order chi connectivity index (χ1) is 13.4. The largest absolute Gasteiger partial charge is 0.372 e. The molecule has 0 radical (unpaired) electrons. The minimum Gasteiger partial charge on any atom is -0.372 e. The van der Waals surface area contributed by atoms with Gasteiger partial charge in [-0.25, -0.2) is 9.37 Å². The number of morpholine rings is 1. The van der Waals surface area contributed by atoms with Crippen LogP contribution in [-0.2, 0) is 16.1 Å². The Morgan fingerprint density at radius 2 is 2.04 bits per heavy atom. The smallest absolute Gasteiger partial charge is 0.284 e. The predicted molar refractivity (Wildman–Crippen MR) is 97.5 cm³/mol. The summed E-state index contributed by atoms with van der Waals surface area (Å²) in [4.78, 5) is 31.2. The van der Waals surface area contributed by atoms with E-state index in [1.54, 1.807) is 11.0 Å². The Hall–Kier alpha value is -3.14. The summed E-state index contributed by atoms with van der Waals surface area (Å²) in [5.41, 5.74) is 0.145. The van der Waals surface area contributed by atoms with Gasteiger partial charge in [0.25, 0.3) is 5.56 Å². The molecule has 3 aromatic rings. The Kier molecular flexibility index (Phi) is 4.63. The van der Waals surface area contributed by atoms with Crippen molar-refractivity contribution in [3.05, 3.63) is 46.8 Å². The number of ether oxygens (including phenoxy) is 1. The predicted octanol–water partition coefficient (Wildman–Crippen LogP) is 0.752. The molecule has 1 amide bonds. The maximum atomic E-state index is 13.5. The van der Waals surface area contributed by atoms with Crippen LogP contribution in [0.3, 0.4) is 0 Å². The van der Waals surface area contributed by atoms with E-state index in [-0.39, 0.29) is 35.8 Å². The summed E-state index contributed by atoms with van der Waals surface area (Å²) in [6, 6.07) is 5.74. The summed E-state index contributed by atoms with van der Waals surface area (Å²) < 4.78 is 21.6. The maximum Gasteiger partial charge on any atom is 0.284 e. The lowest BCUT2D eigenvalue weighted by Gasteiger charge is -2.35. The van der Waals surface area contributed by atoms with Gasteiger partial charge >= 0.3 is 0 Å². The molecule has 0 unspecified atom stereocenters. The Morgan fingerprint density at radius 1 is 1.29 bits per heavy atom. The number of aromatic nitrogens is 5. The summed E-state index contributed by atoms with van der Waals surface area (Å²) in [5, 5.41) is 7.79.